The molecule has 0 aromatic rings. The molecule has 8 nitrogen and oxygen atoms in total. The maximum atomic E-state index is 13.0. The standard InChI is InChI=1S/C76H137N2O6P/c1-6-8-10-12-14-16-18-20-22-24-26-28-30-31-32-33-34-35-36-37-38-39-40-41-42-43-44-45-46-47-48-50-52-54-56-58-60-62-64-66-68-70-76(80)77-74(73-84-85(81,82)83-72-71-78(3,4)5)75(79)69-67-65-63-61-59-57-55-53-51-49-29-27-25-23-21-19-17-15-13-11-9-7-2/h8,10,14,16,20,22,26,28,31-32,34-35,51,53,59,61,67,69,74-75,79H,6-7,9,11-13,15,17-19,21,23-25,27,29-30,33,36-50,52,54-58,60,62-66,68,70-73H2,1-5H3,(H-,77,80,81,82)/b10-8-,16-14-,22-20-,28-26-,32-31-,35-34-,53-51+,61-59+,69-67+. The monoisotopic (exact) mass is 1210 g/mol. The number of aliphatic hydroxyl groups excluding tert-OH is 1. The highest BCUT2D eigenvalue weighted by Gasteiger charge is 2.23. The van der Waals surface area contributed by atoms with Crippen LogP contribution in [0.5, 0.6) is 0 Å². The van der Waals surface area contributed by atoms with Crippen molar-refractivity contribution in [3.63, 3.8) is 0 Å². The fourth-order valence-corrected chi connectivity index (χ4v) is 10.9. The van der Waals surface area contributed by atoms with E-state index in [1.807, 2.05) is 27.2 Å². The van der Waals surface area contributed by atoms with Gasteiger partial charge in [-0.1, -0.05) is 322 Å². The highest BCUT2D eigenvalue weighted by molar-refractivity contribution is 7.45. The summed E-state index contributed by atoms with van der Waals surface area (Å²) in [6.45, 7) is 4.53. The van der Waals surface area contributed by atoms with Gasteiger partial charge in [0.2, 0.25) is 5.91 Å². The molecule has 3 unspecified atom stereocenters. The lowest BCUT2D eigenvalue weighted by atomic mass is 10.0. The third-order valence-electron chi connectivity index (χ3n) is 15.7. The molecule has 0 fully saturated rings. The molecule has 85 heavy (non-hydrogen) atoms. The van der Waals surface area contributed by atoms with E-state index in [0.717, 1.165) is 83.5 Å². The van der Waals surface area contributed by atoms with Gasteiger partial charge in [-0.25, -0.2) is 0 Å². The minimum atomic E-state index is -4.62. The third-order valence-corrected chi connectivity index (χ3v) is 16.7. The number of phosphoric ester groups is 1. The van der Waals surface area contributed by atoms with Gasteiger partial charge in [-0.3, -0.25) is 9.36 Å². The Morgan fingerprint density at radius 2 is 0.729 bits per heavy atom. The average Bonchev–Trinajstić information content (AvgIpc) is 3.48. The zero-order valence-corrected chi connectivity index (χ0v) is 57.2. The SMILES string of the molecule is CC/C=C\C/C=C\C/C=C\C/C=C\C/C=C\C/C=C\CCCCCCCCCCCCCCCCCCCCCCCCC(=O)NC(COP(=O)([O-])OCC[N+](C)(C)C)C(O)/C=C/CC/C=C/CC/C=C/CCCCCCCCCCCCCC. The van der Waals surface area contributed by atoms with E-state index in [1.54, 1.807) is 6.08 Å². The van der Waals surface area contributed by atoms with Crippen molar-refractivity contribution in [3.05, 3.63) is 109 Å². The Kier molecular flexibility index (Phi) is 63.4. The normalized spacial score (nSPS) is 14.3. The van der Waals surface area contributed by atoms with Crippen molar-refractivity contribution in [2.24, 2.45) is 0 Å². The first-order valence-electron chi connectivity index (χ1n) is 35.7. The fourth-order valence-electron chi connectivity index (χ4n) is 10.2. The van der Waals surface area contributed by atoms with Gasteiger partial charge in [0, 0.05) is 6.42 Å². The first kappa shape index (κ1) is 82.2. The van der Waals surface area contributed by atoms with E-state index in [0.29, 0.717) is 17.4 Å². The number of carbonyl (C=O) groups excluding carboxylic acids is 1. The summed E-state index contributed by atoms with van der Waals surface area (Å²) >= 11 is 0. The minimum Gasteiger partial charge on any atom is -0.756 e. The van der Waals surface area contributed by atoms with Crippen LogP contribution in [0.15, 0.2) is 109 Å². The maximum absolute atomic E-state index is 13.0. The molecule has 9 heteroatoms. The highest BCUT2D eigenvalue weighted by atomic mass is 31.2. The second kappa shape index (κ2) is 65.6. The number of amides is 1. The summed E-state index contributed by atoms with van der Waals surface area (Å²) in [5.41, 5.74) is 0. The molecule has 2 N–H and O–H groups in total. The van der Waals surface area contributed by atoms with Crippen LogP contribution in [0.4, 0.5) is 0 Å². The van der Waals surface area contributed by atoms with Crippen LogP contribution < -0.4 is 10.2 Å². The van der Waals surface area contributed by atoms with E-state index in [2.05, 4.69) is 116 Å². The van der Waals surface area contributed by atoms with Gasteiger partial charge in [0.1, 0.15) is 13.2 Å². The number of phosphoric acid groups is 1. The van der Waals surface area contributed by atoms with Crippen LogP contribution in [0.2, 0.25) is 0 Å². The van der Waals surface area contributed by atoms with Crippen LogP contribution in [0, 0.1) is 0 Å². The molecule has 0 rings (SSSR count). The molecule has 0 spiro atoms. The molecule has 3 atom stereocenters. The van der Waals surface area contributed by atoms with Gasteiger partial charge in [0.25, 0.3) is 7.82 Å². The Morgan fingerprint density at radius 3 is 1.09 bits per heavy atom. The fraction of sp³-hybridized carbons (Fsp3) is 0.750. The summed E-state index contributed by atoms with van der Waals surface area (Å²) < 4.78 is 23.4. The van der Waals surface area contributed by atoms with Crippen LogP contribution in [0.3, 0.4) is 0 Å². The van der Waals surface area contributed by atoms with Gasteiger partial charge in [-0.05, 0) is 96.3 Å². The third kappa shape index (κ3) is 68.5. The number of nitrogens with one attached hydrogen (secondary N) is 1. The van der Waals surface area contributed by atoms with Crippen molar-refractivity contribution in [2.75, 3.05) is 40.9 Å². The van der Waals surface area contributed by atoms with Crippen molar-refractivity contribution >= 4 is 13.7 Å². The van der Waals surface area contributed by atoms with E-state index >= 15 is 0 Å². The van der Waals surface area contributed by atoms with E-state index in [-0.39, 0.29) is 12.5 Å². The van der Waals surface area contributed by atoms with Crippen molar-refractivity contribution in [2.45, 2.75) is 328 Å². The molecule has 0 saturated heterocycles. The number of carbonyl (C=O) groups is 1. The van der Waals surface area contributed by atoms with Crippen molar-refractivity contribution in [3.8, 4) is 0 Å². The molecule has 0 aliphatic carbocycles. The zero-order chi connectivity index (χ0) is 61.9. The van der Waals surface area contributed by atoms with Gasteiger partial charge in [-0.15, -0.1) is 0 Å². The Hall–Kier alpha value is -2.84. The lowest BCUT2D eigenvalue weighted by Crippen LogP contribution is -2.45. The van der Waals surface area contributed by atoms with Crippen molar-refractivity contribution in [1.29, 1.82) is 0 Å². The number of likely N-dealkylation sites (N-methyl/N-ethyl adjacent to an activating group) is 1. The number of unbranched alkanes of at least 4 members (excludes halogenated alkanes) is 36. The van der Waals surface area contributed by atoms with Crippen molar-refractivity contribution in [1.82, 2.24) is 5.32 Å². The Morgan fingerprint density at radius 1 is 0.424 bits per heavy atom. The molecule has 1 amide bonds. The largest absolute Gasteiger partial charge is 0.756 e. The number of quaternary nitrogens is 1. The molecule has 0 aromatic carbocycles. The van der Waals surface area contributed by atoms with Crippen molar-refractivity contribution < 1.29 is 32.9 Å². The molecule has 0 aromatic heterocycles. The molecule has 0 saturated carbocycles. The van der Waals surface area contributed by atoms with Crippen LogP contribution >= 0.6 is 7.82 Å². The number of allylic oxidation sites excluding steroid dienone is 17. The molecule has 0 aliphatic heterocycles. The Bertz CT molecular complexity index is 1760. The number of rotatable bonds is 65. The van der Waals surface area contributed by atoms with Crippen LogP contribution in [-0.4, -0.2) is 68.5 Å². The molecule has 0 radical (unpaired) electrons. The summed E-state index contributed by atoms with van der Waals surface area (Å²) in [5, 5.41) is 13.9. The number of nitrogens with zero attached hydrogens (tertiary/aromatic N) is 1. The van der Waals surface area contributed by atoms with E-state index < -0.39 is 26.6 Å². The second-order valence-electron chi connectivity index (χ2n) is 25.2. The van der Waals surface area contributed by atoms with Crippen LogP contribution in [0.1, 0.15) is 316 Å². The Balaban J connectivity index is 4.01. The molecule has 492 valence electrons. The molecule has 0 aliphatic rings. The number of hydrogen-bond donors (Lipinski definition) is 2. The molecular weight excluding hydrogens is 1070 g/mol. The second-order valence-corrected chi connectivity index (χ2v) is 26.6. The molecular formula is C76H137N2O6P. The quantitative estimate of drug-likeness (QED) is 0.0272. The predicted molar refractivity (Wildman–Crippen MR) is 371 cm³/mol. The maximum Gasteiger partial charge on any atom is 0.268 e. The number of aliphatic hydroxyl groups is 1. The summed E-state index contributed by atoms with van der Waals surface area (Å²) in [4.78, 5) is 25.6. The van der Waals surface area contributed by atoms with Gasteiger partial charge in [0.05, 0.1) is 39.9 Å². The average molecular weight is 1210 g/mol. The van der Waals surface area contributed by atoms with Gasteiger partial charge < -0.3 is 28.8 Å². The zero-order valence-electron chi connectivity index (χ0n) is 56.3. The topological polar surface area (TPSA) is 108 Å². The van der Waals surface area contributed by atoms with Gasteiger partial charge in [-0.2, -0.15) is 0 Å². The summed E-state index contributed by atoms with van der Waals surface area (Å²) in [7, 11) is 1.24. The van der Waals surface area contributed by atoms with E-state index in [1.165, 1.54) is 212 Å². The van der Waals surface area contributed by atoms with Crippen LogP contribution in [0.25, 0.3) is 0 Å². The number of hydrogen-bond acceptors (Lipinski definition) is 6. The van der Waals surface area contributed by atoms with E-state index in [4.69, 9.17) is 9.05 Å². The summed E-state index contributed by atoms with van der Waals surface area (Å²) in [6, 6.07) is -0.914. The van der Waals surface area contributed by atoms with Crippen LogP contribution in [-0.2, 0) is 18.4 Å². The smallest absolute Gasteiger partial charge is 0.268 e. The van der Waals surface area contributed by atoms with Gasteiger partial charge >= 0.3 is 0 Å². The Labute approximate surface area is 527 Å². The first-order chi connectivity index (χ1) is 41.5. The first-order valence-corrected chi connectivity index (χ1v) is 37.2. The van der Waals surface area contributed by atoms with E-state index in [9.17, 15) is 19.4 Å². The summed E-state index contributed by atoms with van der Waals surface area (Å²) in [6.07, 6.45) is 96.5. The lowest BCUT2D eigenvalue weighted by molar-refractivity contribution is -0.870. The summed E-state index contributed by atoms with van der Waals surface area (Å²) in [5.74, 6) is -0.209. The minimum absolute atomic E-state index is 0.0108. The molecule has 0 bridgehead atoms. The van der Waals surface area contributed by atoms with Gasteiger partial charge in [0.15, 0.2) is 0 Å². The molecule has 0 heterocycles. The lowest BCUT2D eigenvalue weighted by Gasteiger charge is -2.29. The predicted octanol–water partition coefficient (Wildman–Crippen LogP) is 22.4. The highest BCUT2D eigenvalue weighted by Crippen LogP contribution is 2.38.